The molecule has 1 heterocycles. The van der Waals surface area contributed by atoms with Gasteiger partial charge >= 0.3 is 0 Å². The molecular formula is C24H16BN. The highest BCUT2D eigenvalue weighted by atomic mass is 15.0. The molecule has 5 rings (SSSR count). The minimum Gasteiger partial charge on any atom is -0.309 e. The fourth-order valence-corrected chi connectivity index (χ4v) is 3.73. The van der Waals surface area contributed by atoms with Crippen molar-refractivity contribution in [2.75, 3.05) is 0 Å². The van der Waals surface area contributed by atoms with Crippen LogP contribution >= 0.6 is 0 Å². The summed E-state index contributed by atoms with van der Waals surface area (Å²) in [7, 11) is 5.98. The maximum atomic E-state index is 5.98. The quantitative estimate of drug-likeness (QED) is 0.390. The van der Waals surface area contributed by atoms with Crippen molar-refractivity contribution in [3.63, 3.8) is 0 Å². The molecule has 0 aliphatic heterocycles. The molecule has 0 bridgehead atoms. The van der Waals surface area contributed by atoms with Gasteiger partial charge in [0.2, 0.25) is 0 Å². The number of fused-ring (bicyclic) bond motifs is 3. The van der Waals surface area contributed by atoms with Crippen LogP contribution in [-0.2, 0) is 0 Å². The lowest BCUT2D eigenvalue weighted by Gasteiger charge is -2.08. The number of nitrogens with zero attached hydrogens (tertiary/aromatic N) is 1. The van der Waals surface area contributed by atoms with Crippen molar-refractivity contribution < 1.29 is 0 Å². The Labute approximate surface area is 153 Å². The van der Waals surface area contributed by atoms with Crippen LogP contribution in [0.4, 0.5) is 0 Å². The van der Waals surface area contributed by atoms with Gasteiger partial charge in [-0.05, 0) is 41.5 Å². The zero-order chi connectivity index (χ0) is 17.5. The minimum atomic E-state index is 0.786. The van der Waals surface area contributed by atoms with E-state index < -0.39 is 0 Å². The number of rotatable bonds is 2. The highest BCUT2D eigenvalue weighted by Gasteiger charge is 2.12. The Hall–Kier alpha value is -3.26. The summed E-state index contributed by atoms with van der Waals surface area (Å²) in [6, 6.07) is 33.8. The predicted molar refractivity (Wildman–Crippen MR) is 112 cm³/mol. The normalized spacial score (nSPS) is 11.2. The maximum absolute atomic E-state index is 5.98. The molecule has 26 heavy (non-hydrogen) atoms. The van der Waals surface area contributed by atoms with Gasteiger partial charge < -0.3 is 4.57 Å². The third-order valence-electron chi connectivity index (χ3n) is 4.91. The first kappa shape index (κ1) is 15.0. The van der Waals surface area contributed by atoms with Gasteiger partial charge in [-0.1, -0.05) is 72.2 Å². The van der Waals surface area contributed by atoms with E-state index in [9.17, 15) is 0 Å². The average Bonchev–Trinajstić information content (AvgIpc) is 3.02. The van der Waals surface area contributed by atoms with Gasteiger partial charge in [-0.3, -0.25) is 0 Å². The monoisotopic (exact) mass is 329 g/mol. The van der Waals surface area contributed by atoms with Crippen LogP contribution in [-0.4, -0.2) is 12.4 Å². The van der Waals surface area contributed by atoms with E-state index in [1.165, 1.54) is 33.1 Å². The SMILES string of the molecule is [B]c1cccc(-c2ccc3c(c2)c2ccccc2n3-c2ccccc2)c1. The van der Waals surface area contributed by atoms with E-state index in [2.05, 4.69) is 83.4 Å². The van der Waals surface area contributed by atoms with Gasteiger partial charge in [-0.15, -0.1) is 0 Å². The van der Waals surface area contributed by atoms with E-state index in [0.29, 0.717) is 0 Å². The largest absolute Gasteiger partial charge is 0.309 e. The summed E-state index contributed by atoms with van der Waals surface area (Å²) in [5.41, 5.74) is 6.72. The third kappa shape index (κ3) is 2.34. The number of benzene rings is 4. The lowest BCUT2D eigenvalue weighted by atomic mass is 9.92. The van der Waals surface area contributed by atoms with Crippen molar-refractivity contribution in [3.8, 4) is 16.8 Å². The topological polar surface area (TPSA) is 4.93 Å². The summed E-state index contributed by atoms with van der Waals surface area (Å²) in [4.78, 5) is 0. The van der Waals surface area contributed by atoms with Crippen LogP contribution in [0.25, 0.3) is 38.6 Å². The van der Waals surface area contributed by atoms with Gasteiger partial charge in [0, 0.05) is 16.5 Å². The molecule has 0 saturated heterocycles. The minimum absolute atomic E-state index is 0.786. The summed E-state index contributed by atoms with van der Waals surface area (Å²) >= 11 is 0. The molecule has 0 unspecified atom stereocenters. The summed E-state index contributed by atoms with van der Waals surface area (Å²) in [6.07, 6.45) is 0. The average molecular weight is 329 g/mol. The molecule has 0 spiro atoms. The molecule has 0 N–H and O–H groups in total. The second kappa shape index (κ2) is 5.92. The molecule has 2 radical (unpaired) electrons. The second-order valence-corrected chi connectivity index (χ2v) is 6.55. The van der Waals surface area contributed by atoms with Gasteiger partial charge in [-0.25, -0.2) is 0 Å². The third-order valence-corrected chi connectivity index (χ3v) is 4.91. The molecule has 2 heteroatoms. The van der Waals surface area contributed by atoms with Crippen LogP contribution in [0.15, 0.2) is 97.1 Å². The Morgan fingerprint density at radius 2 is 1.27 bits per heavy atom. The summed E-state index contributed by atoms with van der Waals surface area (Å²) < 4.78 is 2.33. The number of para-hydroxylation sites is 2. The maximum Gasteiger partial charge on any atom is 0.113 e. The number of hydrogen-bond acceptors (Lipinski definition) is 0. The molecule has 0 fully saturated rings. The van der Waals surface area contributed by atoms with Crippen LogP contribution < -0.4 is 5.46 Å². The van der Waals surface area contributed by atoms with E-state index in [-0.39, 0.29) is 0 Å². The molecule has 1 nitrogen and oxygen atoms in total. The van der Waals surface area contributed by atoms with Crippen LogP contribution in [0, 0.1) is 0 Å². The first-order valence-electron chi connectivity index (χ1n) is 8.76. The molecule has 5 aromatic rings. The zero-order valence-corrected chi connectivity index (χ0v) is 14.3. The lowest BCUT2D eigenvalue weighted by molar-refractivity contribution is 1.18. The molecule has 0 aliphatic rings. The van der Waals surface area contributed by atoms with Crippen molar-refractivity contribution in [1.29, 1.82) is 0 Å². The van der Waals surface area contributed by atoms with Crippen molar-refractivity contribution in [3.05, 3.63) is 97.1 Å². The Balaban J connectivity index is 1.84. The summed E-state index contributed by atoms with van der Waals surface area (Å²) in [5, 5.41) is 2.52. The van der Waals surface area contributed by atoms with Crippen molar-refractivity contribution >= 4 is 35.1 Å². The standard InChI is InChI=1S/C24H16BN/c25-19-8-6-7-17(15-19)18-13-14-24-22(16-18)21-11-4-5-12-23(21)26(24)20-9-2-1-3-10-20/h1-16H. The van der Waals surface area contributed by atoms with E-state index in [4.69, 9.17) is 7.85 Å². The molecule has 0 amide bonds. The van der Waals surface area contributed by atoms with Crippen molar-refractivity contribution in [2.24, 2.45) is 0 Å². The Bertz CT molecular complexity index is 1240. The molecule has 1 aromatic heterocycles. The predicted octanol–water partition coefficient (Wildman–Crippen LogP) is 5.24. The Morgan fingerprint density at radius 1 is 0.538 bits per heavy atom. The molecule has 4 aromatic carbocycles. The molecule has 120 valence electrons. The smallest absolute Gasteiger partial charge is 0.113 e. The first-order chi connectivity index (χ1) is 12.8. The van der Waals surface area contributed by atoms with Gasteiger partial charge in [0.15, 0.2) is 0 Å². The van der Waals surface area contributed by atoms with Crippen molar-refractivity contribution in [2.45, 2.75) is 0 Å². The van der Waals surface area contributed by atoms with E-state index in [1.807, 2.05) is 18.2 Å². The van der Waals surface area contributed by atoms with Crippen LogP contribution in [0.2, 0.25) is 0 Å². The van der Waals surface area contributed by atoms with Gasteiger partial charge in [0.1, 0.15) is 7.85 Å². The highest BCUT2D eigenvalue weighted by molar-refractivity contribution is 6.32. The first-order valence-corrected chi connectivity index (χ1v) is 8.76. The van der Waals surface area contributed by atoms with E-state index >= 15 is 0 Å². The van der Waals surface area contributed by atoms with Gasteiger partial charge in [0.05, 0.1) is 11.0 Å². The Morgan fingerprint density at radius 3 is 2.12 bits per heavy atom. The van der Waals surface area contributed by atoms with E-state index in [0.717, 1.165) is 11.0 Å². The number of aromatic nitrogens is 1. The Kier molecular flexibility index (Phi) is 3.43. The lowest BCUT2D eigenvalue weighted by Crippen LogP contribution is -2.00. The van der Waals surface area contributed by atoms with Crippen LogP contribution in [0.1, 0.15) is 0 Å². The molecule has 0 saturated carbocycles. The summed E-state index contributed by atoms with van der Waals surface area (Å²) in [5.74, 6) is 0. The van der Waals surface area contributed by atoms with Gasteiger partial charge in [-0.2, -0.15) is 0 Å². The number of hydrogen-bond donors (Lipinski definition) is 0. The summed E-state index contributed by atoms with van der Waals surface area (Å²) in [6.45, 7) is 0. The fourth-order valence-electron chi connectivity index (χ4n) is 3.73. The molecular weight excluding hydrogens is 313 g/mol. The van der Waals surface area contributed by atoms with Crippen molar-refractivity contribution in [1.82, 2.24) is 4.57 Å². The highest BCUT2D eigenvalue weighted by Crippen LogP contribution is 2.34. The van der Waals surface area contributed by atoms with E-state index in [1.54, 1.807) is 0 Å². The van der Waals surface area contributed by atoms with Crippen LogP contribution in [0.3, 0.4) is 0 Å². The van der Waals surface area contributed by atoms with Crippen LogP contribution in [0.5, 0.6) is 0 Å². The fraction of sp³-hybridized carbons (Fsp3) is 0. The van der Waals surface area contributed by atoms with Gasteiger partial charge in [0.25, 0.3) is 0 Å². The zero-order valence-electron chi connectivity index (χ0n) is 14.3. The molecule has 0 aliphatic carbocycles. The molecule has 0 atom stereocenters. The second-order valence-electron chi connectivity index (χ2n) is 6.55.